The topological polar surface area (TPSA) is 27.3 Å². The van der Waals surface area contributed by atoms with Crippen molar-refractivity contribution in [1.82, 2.24) is 15.8 Å². The Morgan fingerprint density at radius 1 is 1.17 bits per heavy atom. The molecule has 3 nitrogen and oxygen atoms in total. The summed E-state index contributed by atoms with van der Waals surface area (Å²) in [5.41, 5.74) is 6.44. The van der Waals surface area contributed by atoms with Crippen molar-refractivity contribution < 1.29 is 13.2 Å². The summed E-state index contributed by atoms with van der Waals surface area (Å²) in [7, 11) is 0. The summed E-state index contributed by atoms with van der Waals surface area (Å²) in [6.45, 7) is 5.34. The van der Waals surface area contributed by atoms with E-state index in [0.717, 1.165) is 32.5 Å². The zero-order valence-corrected chi connectivity index (χ0v) is 13.4. The summed E-state index contributed by atoms with van der Waals surface area (Å²) < 4.78 is 39.2. The first kappa shape index (κ1) is 16.7. The molecule has 0 amide bonds. The van der Waals surface area contributed by atoms with Gasteiger partial charge in [0.25, 0.3) is 0 Å². The van der Waals surface area contributed by atoms with E-state index >= 15 is 0 Å². The van der Waals surface area contributed by atoms with E-state index in [1.165, 1.54) is 12.1 Å². The summed E-state index contributed by atoms with van der Waals surface area (Å²) >= 11 is 0. The predicted octanol–water partition coefficient (Wildman–Crippen LogP) is 3.03. The standard InChI is InChI=1S/C17H24F3N3/c1-12-10-21-22-16(12)13-6-8-23(9-7-13)11-14-4-2-3-5-15(14)17(18,19)20/h2-5,12-13,16,21-22H,6-11H2,1H3. The minimum absolute atomic E-state index is 0.382. The molecule has 2 aliphatic heterocycles. The number of hydrogen-bond acceptors (Lipinski definition) is 3. The van der Waals surface area contributed by atoms with Crippen molar-refractivity contribution in [2.45, 2.75) is 38.5 Å². The highest BCUT2D eigenvalue weighted by Gasteiger charge is 2.35. The molecule has 2 saturated heterocycles. The predicted molar refractivity (Wildman–Crippen MR) is 83.5 cm³/mol. The van der Waals surface area contributed by atoms with Crippen LogP contribution in [0.5, 0.6) is 0 Å². The molecule has 0 aliphatic carbocycles. The van der Waals surface area contributed by atoms with E-state index in [1.807, 2.05) is 0 Å². The molecule has 6 heteroatoms. The molecule has 2 fully saturated rings. The molecular weight excluding hydrogens is 303 g/mol. The van der Waals surface area contributed by atoms with Gasteiger partial charge in [0.1, 0.15) is 0 Å². The second kappa shape index (κ2) is 6.79. The normalized spacial score (nSPS) is 27.5. The lowest BCUT2D eigenvalue weighted by Gasteiger charge is -2.36. The Labute approximate surface area is 135 Å². The van der Waals surface area contributed by atoms with Gasteiger partial charge in [-0.05, 0) is 49.4 Å². The van der Waals surface area contributed by atoms with Gasteiger partial charge in [-0.15, -0.1) is 0 Å². The molecule has 128 valence electrons. The van der Waals surface area contributed by atoms with Crippen LogP contribution in [0, 0.1) is 11.8 Å². The molecular formula is C17H24F3N3. The lowest BCUT2D eigenvalue weighted by Crippen LogP contribution is -2.44. The van der Waals surface area contributed by atoms with E-state index in [2.05, 4.69) is 22.7 Å². The average molecular weight is 327 g/mol. The molecule has 0 radical (unpaired) electrons. The van der Waals surface area contributed by atoms with Crippen LogP contribution < -0.4 is 10.9 Å². The minimum Gasteiger partial charge on any atom is -0.299 e. The second-order valence-corrected chi connectivity index (χ2v) is 6.80. The zero-order valence-electron chi connectivity index (χ0n) is 13.4. The van der Waals surface area contributed by atoms with Crippen molar-refractivity contribution in [2.75, 3.05) is 19.6 Å². The van der Waals surface area contributed by atoms with Crippen molar-refractivity contribution >= 4 is 0 Å². The fourth-order valence-corrected chi connectivity index (χ4v) is 3.84. The van der Waals surface area contributed by atoms with Crippen LogP contribution in [0.4, 0.5) is 13.2 Å². The lowest BCUT2D eigenvalue weighted by atomic mass is 9.84. The maximum atomic E-state index is 13.1. The Morgan fingerprint density at radius 3 is 2.48 bits per heavy atom. The Hall–Kier alpha value is -1.11. The summed E-state index contributed by atoms with van der Waals surface area (Å²) in [6, 6.07) is 6.41. The van der Waals surface area contributed by atoms with E-state index in [1.54, 1.807) is 12.1 Å². The van der Waals surface area contributed by atoms with Gasteiger partial charge in [0.2, 0.25) is 0 Å². The third kappa shape index (κ3) is 3.87. The maximum Gasteiger partial charge on any atom is 0.416 e. The fourth-order valence-electron chi connectivity index (χ4n) is 3.84. The molecule has 23 heavy (non-hydrogen) atoms. The molecule has 0 bridgehead atoms. The number of hydrazine groups is 1. The number of benzene rings is 1. The highest BCUT2D eigenvalue weighted by atomic mass is 19.4. The number of likely N-dealkylation sites (tertiary alicyclic amines) is 1. The quantitative estimate of drug-likeness (QED) is 0.894. The van der Waals surface area contributed by atoms with Gasteiger partial charge in [-0.1, -0.05) is 25.1 Å². The van der Waals surface area contributed by atoms with Crippen molar-refractivity contribution in [3.63, 3.8) is 0 Å². The molecule has 2 aliphatic rings. The molecule has 3 rings (SSSR count). The van der Waals surface area contributed by atoms with Crippen molar-refractivity contribution in [3.8, 4) is 0 Å². The van der Waals surface area contributed by atoms with Crippen LogP contribution in [-0.4, -0.2) is 30.6 Å². The number of nitrogens with zero attached hydrogens (tertiary/aromatic N) is 1. The molecule has 0 spiro atoms. The zero-order chi connectivity index (χ0) is 16.4. The molecule has 1 aromatic rings. The Bertz CT molecular complexity index is 524. The lowest BCUT2D eigenvalue weighted by molar-refractivity contribution is -0.138. The van der Waals surface area contributed by atoms with Gasteiger partial charge in [0.15, 0.2) is 0 Å². The molecule has 2 N–H and O–H groups in total. The first-order valence-corrected chi connectivity index (χ1v) is 8.31. The SMILES string of the molecule is CC1CNNC1C1CCN(Cc2ccccc2C(F)(F)F)CC1. The van der Waals surface area contributed by atoms with Crippen LogP contribution in [0.1, 0.15) is 30.9 Å². The first-order chi connectivity index (χ1) is 10.9. The van der Waals surface area contributed by atoms with Crippen molar-refractivity contribution in [1.29, 1.82) is 0 Å². The van der Waals surface area contributed by atoms with E-state index in [0.29, 0.717) is 30.0 Å². The fraction of sp³-hybridized carbons (Fsp3) is 0.647. The van der Waals surface area contributed by atoms with Gasteiger partial charge >= 0.3 is 6.18 Å². The van der Waals surface area contributed by atoms with Crippen LogP contribution >= 0.6 is 0 Å². The highest BCUT2D eigenvalue weighted by Crippen LogP contribution is 2.33. The monoisotopic (exact) mass is 327 g/mol. The summed E-state index contributed by atoms with van der Waals surface area (Å²) in [5.74, 6) is 1.21. The first-order valence-electron chi connectivity index (χ1n) is 8.31. The van der Waals surface area contributed by atoms with Gasteiger partial charge in [-0.2, -0.15) is 13.2 Å². The van der Waals surface area contributed by atoms with Gasteiger partial charge in [-0.25, -0.2) is 0 Å². The summed E-state index contributed by atoms with van der Waals surface area (Å²) in [5, 5.41) is 0. The van der Waals surface area contributed by atoms with E-state index in [4.69, 9.17) is 0 Å². The smallest absolute Gasteiger partial charge is 0.299 e. The third-order valence-corrected chi connectivity index (χ3v) is 5.16. The van der Waals surface area contributed by atoms with Gasteiger partial charge in [-0.3, -0.25) is 15.8 Å². The van der Waals surface area contributed by atoms with Crippen LogP contribution in [0.25, 0.3) is 0 Å². The van der Waals surface area contributed by atoms with Crippen LogP contribution in [-0.2, 0) is 12.7 Å². The number of nitrogens with one attached hydrogen (secondary N) is 2. The largest absolute Gasteiger partial charge is 0.416 e. The van der Waals surface area contributed by atoms with E-state index < -0.39 is 11.7 Å². The van der Waals surface area contributed by atoms with E-state index in [-0.39, 0.29) is 0 Å². The van der Waals surface area contributed by atoms with Gasteiger partial charge in [0.05, 0.1) is 5.56 Å². The molecule has 0 aromatic heterocycles. The Kier molecular flexibility index (Phi) is 4.94. The summed E-state index contributed by atoms with van der Waals surface area (Å²) in [6.07, 6.45) is -2.19. The molecule has 2 atom stereocenters. The number of halogens is 3. The van der Waals surface area contributed by atoms with Crippen LogP contribution in [0.2, 0.25) is 0 Å². The van der Waals surface area contributed by atoms with Gasteiger partial charge in [0, 0.05) is 19.1 Å². The van der Waals surface area contributed by atoms with E-state index in [9.17, 15) is 13.2 Å². The van der Waals surface area contributed by atoms with Crippen LogP contribution in [0.15, 0.2) is 24.3 Å². The molecule has 2 heterocycles. The number of hydrogen-bond donors (Lipinski definition) is 2. The number of piperidine rings is 1. The van der Waals surface area contributed by atoms with Crippen LogP contribution in [0.3, 0.4) is 0 Å². The minimum atomic E-state index is -4.27. The second-order valence-electron chi connectivity index (χ2n) is 6.80. The highest BCUT2D eigenvalue weighted by molar-refractivity contribution is 5.29. The molecule has 1 aromatic carbocycles. The third-order valence-electron chi connectivity index (χ3n) is 5.16. The number of alkyl halides is 3. The Balaban J connectivity index is 1.59. The number of rotatable bonds is 3. The Morgan fingerprint density at radius 2 is 1.87 bits per heavy atom. The average Bonchev–Trinajstić information content (AvgIpc) is 2.94. The van der Waals surface area contributed by atoms with Gasteiger partial charge < -0.3 is 0 Å². The van der Waals surface area contributed by atoms with Crippen molar-refractivity contribution in [2.24, 2.45) is 11.8 Å². The maximum absolute atomic E-state index is 13.1. The molecule has 2 unspecified atom stereocenters. The molecule has 0 saturated carbocycles. The summed E-state index contributed by atoms with van der Waals surface area (Å²) in [4.78, 5) is 2.15. The van der Waals surface area contributed by atoms with Crippen molar-refractivity contribution in [3.05, 3.63) is 35.4 Å².